The van der Waals surface area contributed by atoms with Crippen molar-refractivity contribution in [3.05, 3.63) is 51.7 Å². The Hall–Kier alpha value is -2.30. The number of benzene rings is 1. The monoisotopic (exact) mass is 327 g/mol. The molecule has 1 atom stereocenters. The van der Waals surface area contributed by atoms with Crippen molar-refractivity contribution in [2.24, 2.45) is 7.05 Å². The molecule has 1 N–H and O–H groups in total. The highest BCUT2D eigenvalue weighted by atomic mass is 16.2. The fraction of sp³-hybridized carbons (Fsp3) is 0.474. The average molecular weight is 327 g/mol. The van der Waals surface area contributed by atoms with E-state index in [1.807, 2.05) is 18.2 Å². The van der Waals surface area contributed by atoms with Gasteiger partial charge >= 0.3 is 5.69 Å². The summed E-state index contributed by atoms with van der Waals surface area (Å²) < 4.78 is 3.22. The minimum Gasteiger partial charge on any atom is -0.321 e. The van der Waals surface area contributed by atoms with Gasteiger partial charge in [-0.1, -0.05) is 26.0 Å². The predicted octanol–water partition coefficient (Wildman–Crippen LogP) is 3.29. The summed E-state index contributed by atoms with van der Waals surface area (Å²) in [7, 11) is 1.68. The summed E-state index contributed by atoms with van der Waals surface area (Å²) >= 11 is 0. The predicted molar refractivity (Wildman–Crippen MR) is 95.7 cm³/mol. The van der Waals surface area contributed by atoms with E-state index in [0.29, 0.717) is 18.2 Å². The van der Waals surface area contributed by atoms with Gasteiger partial charge in [0.05, 0.1) is 5.69 Å². The topological polar surface area (TPSA) is 56.0 Å². The number of carbonyl (C=O) groups excluding carboxylic acids is 1. The number of rotatable bonds is 4. The summed E-state index contributed by atoms with van der Waals surface area (Å²) in [6.45, 7) is 5.03. The van der Waals surface area contributed by atoms with E-state index in [1.54, 1.807) is 11.6 Å². The van der Waals surface area contributed by atoms with Gasteiger partial charge in [-0.2, -0.15) is 0 Å². The summed E-state index contributed by atoms with van der Waals surface area (Å²) in [5, 5.41) is 2.97. The SMILES string of the molecule is CCC(C)c1cccc(NC(=O)c2c3n(c(=O)n2C)CCCC3)c1. The molecule has 1 aliphatic heterocycles. The van der Waals surface area contributed by atoms with Gasteiger partial charge in [-0.15, -0.1) is 0 Å². The third kappa shape index (κ3) is 2.90. The normalized spacial score (nSPS) is 15.0. The van der Waals surface area contributed by atoms with Gasteiger partial charge in [-0.3, -0.25) is 13.9 Å². The molecular weight excluding hydrogens is 302 g/mol. The largest absolute Gasteiger partial charge is 0.328 e. The van der Waals surface area contributed by atoms with E-state index in [9.17, 15) is 9.59 Å². The highest BCUT2D eigenvalue weighted by molar-refractivity contribution is 6.04. The van der Waals surface area contributed by atoms with Crippen LogP contribution in [0.25, 0.3) is 0 Å². The smallest absolute Gasteiger partial charge is 0.321 e. The van der Waals surface area contributed by atoms with Gasteiger partial charge in [0.25, 0.3) is 5.91 Å². The molecule has 3 rings (SSSR count). The van der Waals surface area contributed by atoms with Crippen LogP contribution in [-0.4, -0.2) is 15.0 Å². The molecule has 0 bridgehead atoms. The zero-order valence-corrected chi connectivity index (χ0v) is 14.6. The van der Waals surface area contributed by atoms with Crippen LogP contribution in [0.1, 0.15) is 60.8 Å². The minimum absolute atomic E-state index is 0.0943. The molecule has 0 spiro atoms. The maximum atomic E-state index is 12.8. The lowest BCUT2D eigenvalue weighted by Gasteiger charge is -2.15. The van der Waals surface area contributed by atoms with Crippen LogP contribution < -0.4 is 11.0 Å². The van der Waals surface area contributed by atoms with Crippen LogP contribution in [0.15, 0.2) is 29.1 Å². The third-order valence-corrected chi connectivity index (χ3v) is 5.04. The molecule has 1 aliphatic rings. The molecule has 1 unspecified atom stereocenters. The van der Waals surface area contributed by atoms with E-state index >= 15 is 0 Å². The molecule has 2 heterocycles. The number of nitrogens with zero attached hydrogens (tertiary/aromatic N) is 2. The van der Waals surface area contributed by atoms with Crippen LogP contribution in [0.4, 0.5) is 5.69 Å². The van der Waals surface area contributed by atoms with Crippen molar-refractivity contribution in [2.75, 3.05) is 5.32 Å². The van der Waals surface area contributed by atoms with Crippen molar-refractivity contribution >= 4 is 11.6 Å². The fourth-order valence-corrected chi connectivity index (χ4v) is 3.39. The van der Waals surface area contributed by atoms with Crippen LogP contribution in [0.2, 0.25) is 0 Å². The fourth-order valence-electron chi connectivity index (χ4n) is 3.39. The number of imidazole rings is 1. The maximum absolute atomic E-state index is 12.8. The standard InChI is InChI=1S/C19H25N3O2/c1-4-13(2)14-8-7-9-15(12-14)20-18(23)17-16-10-5-6-11-22(16)19(24)21(17)3/h7-9,12-13H,4-6,10-11H2,1-3H3,(H,20,23). The van der Waals surface area contributed by atoms with E-state index in [-0.39, 0.29) is 11.6 Å². The van der Waals surface area contributed by atoms with E-state index in [1.165, 1.54) is 10.1 Å². The Kier molecular flexibility index (Phi) is 4.60. The van der Waals surface area contributed by atoms with Crippen LogP contribution in [0, 0.1) is 0 Å². The molecule has 1 aromatic carbocycles. The second-order valence-electron chi connectivity index (χ2n) is 6.63. The van der Waals surface area contributed by atoms with Gasteiger partial charge in [0, 0.05) is 19.3 Å². The van der Waals surface area contributed by atoms with Crippen molar-refractivity contribution in [2.45, 2.75) is 52.0 Å². The van der Waals surface area contributed by atoms with Crippen LogP contribution >= 0.6 is 0 Å². The van der Waals surface area contributed by atoms with Crippen LogP contribution in [0.3, 0.4) is 0 Å². The summed E-state index contributed by atoms with van der Waals surface area (Å²) in [4.78, 5) is 25.1. The van der Waals surface area contributed by atoms with Gasteiger partial charge in [-0.25, -0.2) is 4.79 Å². The lowest BCUT2D eigenvalue weighted by atomic mass is 9.98. The summed E-state index contributed by atoms with van der Waals surface area (Å²) in [6.07, 6.45) is 3.85. The molecule has 5 nitrogen and oxygen atoms in total. The average Bonchev–Trinajstić information content (AvgIpc) is 2.86. The maximum Gasteiger partial charge on any atom is 0.328 e. The van der Waals surface area contributed by atoms with E-state index < -0.39 is 0 Å². The van der Waals surface area contributed by atoms with Gasteiger partial charge in [-0.05, 0) is 49.3 Å². The molecule has 0 saturated carbocycles. The molecule has 2 aromatic rings. The molecule has 0 fully saturated rings. The Labute approximate surface area is 142 Å². The number of anilines is 1. The molecule has 128 valence electrons. The van der Waals surface area contributed by atoms with Gasteiger partial charge < -0.3 is 5.32 Å². The minimum atomic E-state index is -0.202. The first-order valence-corrected chi connectivity index (χ1v) is 8.72. The number of aromatic nitrogens is 2. The first-order valence-electron chi connectivity index (χ1n) is 8.72. The number of hydrogen-bond donors (Lipinski definition) is 1. The van der Waals surface area contributed by atoms with Gasteiger partial charge in [0.1, 0.15) is 5.69 Å². The summed E-state index contributed by atoms with van der Waals surface area (Å²) in [5.74, 6) is 0.250. The molecule has 24 heavy (non-hydrogen) atoms. The van der Waals surface area contributed by atoms with E-state index in [0.717, 1.165) is 37.1 Å². The first kappa shape index (κ1) is 16.6. The highest BCUT2D eigenvalue weighted by Gasteiger charge is 2.25. The molecule has 0 aliphatic carbocycles. The van der Waals surface area contributed by atoms with Crippen molar-refractivity contribution in [3.8, 4) is 0 Å². The second kappa shape index (κ2) is 6.67. The molecule has 1 amide bonds. The highest BCUT2D eigenvalue weighted by Crippen LogP contribution is 2.23. The van der Waals surface area contributed by atoms with Crippen molar-refractivity contribution in [1.82, 2.24) is 9.13 Å². The molecule has 1 aromatic heterocycles. The molecular formula is C19H25N3O2. The number of amides is 1. The van der Waals surface area contributed by atoms with Gasteiger partial charge in [0.15, 0.2) is 0 Å². The Bertz CT molecular complexity index is 817. The molecule has 5 heteroatoms. The number of hydrogen-bond acceptors (Lipinski definition) is 2. The first-order chi connectivity index (χ1) is 11.5. The lowest BCUT2D eigenvalue weighted by molar-refractivity contribution is 0.101. The van der Waals surface area contributed by atoms with E-state index in [2.05, 4.69) is 25.2 Å². The number of nitrogens with one attached hydrogen (secondary N) is 1. The third-order valence-electron chi connectivity index (χ3n) is 5.04. The Morgan fingerprint density at radius 1 is 1.33 bits per heavy atom. The summed E-state index contributed by atoms with van der Waals surface area (Å²) in [5.41, 5.74) is 3.25. The Morgan fingerprint density at radius 3 is 2.88 bits per heavy atom. The van der Waals surface area contributed by atoms with Crippen LogP contribution in [0.5, 0.6) is 0 Å². The zero-order chi connectivity index (χ0) is 17.3. The zero-order valence-electron chi connectivity index (χ0n) is 14.6. The quantitative estimate of drug-likeness (QED) is 0.937. The van der Waals surface area contributed by atoms with Crippen molar-refractivity contribution in [1.29, 1.82) is 0 Å². The summed E-state index contributed by atoms with van der Waals surface area (Å²) in [6, 6.07) is 7.96. The Morgan fingerprint density at radius 2 is 2.12 bits per heavy atom. The molecule has 0 radical (unpaired) electrons. The Balaban J connectivity index is 1.90. The van der Waals surface area contributed by atoms with Crippen LogP contribution in [-0.2, 0) is 20.0 Å². The van der Waals surface area contributed by atoms with E-state index in [4.69, 9.17) is 0 Å². The number of carbonyl (C=O) groups is 1. The van der Waals surface area contributed by atoms with Crippen molar-refractivity contribution in [3.63, 3.8) is 0 Å². The second-order valence-corrected chi connectivity index (χ2v) is 6.63. The number of fused-ring (bicyclic) bond motifs is 1. The molecule has 0 saturated heterocycles. The lowest BCUT2D eigenvalue weighted by Crippen LogP contribution is -2.25. The van der Waals surface area contributed by atoms with Crippen molar-refractivity contribution < 1.29 is 4.79 Å². The van der Waals surface area contributed by atoms with Gasteiger partial charge in [0.2, 0.25) is 0 Å².